The van der Waals surface area contributed by atoms with Gasteiger partial charge in [-0.3, -0.25) is 0 Å². The van der Waals surface area contributed by atoms with Gasteiger partial charge in [-0.25, -0.2) is 4.79 Å². The Morgan fingerprint density at radius 3 is 2.18 bits per heavy atom. The topological polar surface area (TPSA) is 60.4 Å². The highest BCUT2D eigenvalue weighted by molar-refractivity contribution is 5.85. The number of carbonyl (C=O) groups is 1. The van der Waals surface area contributed by atoms with E-state index in [4.69, 9.17) is 5.11 Å². The Kier molecular flexibility index (Phi) is 5.25. The third-order valence-corrected chi connectivity index (χ3v) is 1.99. The van der Waals surface area contributed by atoms with Gasteiger partial charge < -0.3 is 10.2 Å². The average molecular weight is 251 g/mol. The molecule has 98 valence electrons. The standard InChI is InChI=1S/C11H15F3O3/c1-6(2)4-5-7(3)8(11(12,13)14)9(15)10(16)17/h5-6,15H,4H2,1-3H3,(H,16,17)/p-1. The summed E-state index contributed by atoms with van der Waals surface area (Å²) in [6.45, 7) is 4.69. The number of alkyl halides is 3. The molecule has 0 radical (unpaired) electrons. The molecule has 1 N–H and O–H groups in total. The normalized spacial score (nSPS) is 14.9. The lowest BCUT2D eigenvalue weighted by Crippen LogP contribution is -2.25. The van der Waals surface area contributed by atoms with E-state index < -0.39 is 23.5 Å². The maximum absolute atomic E-state index is 12.5. The van der Waals surface area contributed by atoms with Crippen molar-refractivity contribution in [2.24, 2.45) is 5.92 Å². The Morgan fingerprint density at radius 2 is 1.88 bits per heavy atom. The second kappa shape index (κ2) is 5.75. The summed E-state index contributed by atoms with van der Waals surface area (Å²) < 4.78 is 37.6. The molecule has 0 spiro atoms. The van der Waals surface area contributed by atoms with Crippen LogP contribution in [0.25, 0.3) is 0 Å². The molecule has 0 aliphatic carbocycles. The van der Waals surface area contributed by atoms with Gasteiger partial charge in [0.05, 0.1) is 5.57 Å². The van der Waals surface area contributed by atoms with Gasteiger partial charge in [0, 0.05) is 0 Å². The second-order valence-corrected chi connectivity index (χ2v) is 4.02. The van der Waals surface area contributed by atoms with E-state index in [1.807, 2.05) is 0 Å². The summed E-state index contributed by atoms with van der Waals surface area (Å²) in [6.07, 6.45) is -3.38. The first-order valence-electron chi connectivity index (χ1n) is 4.96. The Bertz CT molecular complexity index is 351. The number of carboxylic acid groups (broad SMARTS) is 1. The highest BCUT2D eigenvalue weighted by atomic mass is 19.4. The van der Waals surface area contributed by atoms with Crippen molar-refractivity contribution < 1.29 is 28.2 Å². The van der Waals surface area contributed by atoms with Crippen LogP contribution >= 0.6 is 0 Å². The van der Waals surface area contributed by atoms with Gasteiger partial charge in [0.1, 0.15) is 0 Å². The van der Waals surface area contributed by atoms with E-state index in [0.717, 1.165) is 6.92 Å². The molecule has 0 heterocycles. The SMILES string of the molecule is CC(=CCC(C)C)C(=C([O-])C(=O)O)C(F)(F)F. The van der Waals surface area contributed by atoms with Crippen LogP contribution in [0.2, 0.25) is 0 Å². The van der Waals surface area contributed by atoms with Crippen molar-refractivity contribution in [3.8, 4) is 0 Å². The van der Waals surface area contributed by atoms with E-state index in [9.17, 15) is 23.1 Å². The first-order chi connectivity index (χ1) is 7.57. The zero-order valence-corrected chi connectivity index (χ0v) is 9.76. The van der Waals surface area contributed by atoms with Crippen molar-refractivity contribution in [1.29, 1.82) is 0 Å². The predicted octanol–water partition coefficient (Wildman–Crippen LogP) is 2.24. The summed E-state index contributed by atoms with van der Waals surface area (Å²) >= 11 is 0. The fourth-order valence-electron chi connectivity index (χ4n) is 1.15. The van der Waals surface area contributed by atoms with E-state index in [0.29, 0.717) is 6.42 Å². The minimum absolute atomic E-state index is 0.124. The molecule has 6 heteroatoms. The van der Waals surface area contributed by atoms with Crippen LogP contribution in [0.5, 0.6) is 0 Å². The second-order valence-electron chi connectivity index (χ2n) is 4.02. The van der Waals surface area contributed by atoms with E-state index in [1.165, 1.54) is 6.08 Å². The predicted molar refractivity (Wildman–Crippen MR) is 53.9 cm³/mol. The van der Waals surface area contributed by atoms with Crippen LogP contribution in [0, 0.1) is 5.92 Å². The molecule has 0 atom stereocenters. The van der Waals surface area contributed by atoms with Gasteiger partial charge >= 0.3 is 12.1 Å². The fraction of sp³-hybridized carbons (Fsp3) is 0.545. The lowest BCUT2D eigenvalue weighted by molar-refractivity contribution is -0.307. The van der Waals surface area contributed by atoms with Crippen LogP contribution in [0.4, 0.5) is 13.2 Å². The maximum atomic E-state index is 12.5. The van der Waals surface area contributed by atoms with Crippen molar-refractivity contribution in [3.05, 3.63) is 23.0 Å². The molecule has 0 rings (SSSR count). The van der Waals surface area contributed by atoms with Gasteiger partial charge in [0.2, 0.25) is 0 Å². The van der Waals surface area contributed by atoms with Gasteiger partial charge in [0.15, 0.2) is 0 Å². The maximum Gasteiger partial charge on any atom is 0.416 e. The number of aliphatic carboxylic acids is 1. The van der Waals surface area contributed by atoms with Crippen molar-refractivity contribution in [2.75, 3.05) is 0 Å². The summed E-state index contributed by atoms with van der Waals surface area (Å²) in [5, 5.41) is 19.3. The van der Waals surface area contributed by atoms with E-state index in [1.54, 1.807) is 13.8 Å². The van der Waals surface area contributed by atoms with Crippen LogP contribution in [0.1, 0.15) is 27.2 Å². The first kappa shape index (κ1) is 15.5. The minimum Gasteiger partial charge on any atom is -0.867 e. The number of rotatable bonds is 4. The van der Waals surface area contributed by atoms with Crippen LogP contribution < -0.4 is 5.11 Å². The molecule has 17 heavy (non-hydrogen) atoms. The summed E-state index contributed by atoms with van der Waals surface area (Å²) in [6, 6.07) is 0. The molecule has 0 aliphatic rings. The van der Waals surface area contributed by atoms with Crippen LogP contribution in [0.15, 0.2) is 23.0 Å². The summed E-state index contributed by atoms with van der Waals surface area (Å²) in [7, 11) is 0. The summed E-state index contributed by atoms with van der Waals surface area (Å²) in [5.74, 6) is -3.90. The third kappa shape index (κ3) is 4.93. The summed E-state index contributed by atoms with van der Waals surface area (Å²) in [4.78, 5) is 10.3. The molecule has 0 aromatic heterocycles. The van der Waals surface area contributed by atoms with E-state index in [-0.39, 0.29) is 11.5 Å². The molecular formula is C11H14F3O3-. The van der Waals surface area contributed by atoms with Gasteiger partial charge in [0.25, 0.3) is 0 Å². The molecule has 0 aromatic carbocycles. The molecule has 0 unspecified atom stereocenters. The summed E-state index contributed by atoms with van der Waals surface area (Å²) in [5.41, 5.74) is -1.95. The number of allylic oxidation sites excluding steroid dienone is 3. The average Bonchev–Trinajstić information content (AvgIpc) is 2.12. The third-order valence-electron chi connectivity index (χ3n) is 1.99. The number of hydrogen-bond acceptors (Lipinski definition) is 2. The number of carboxylic acids is 1. The molecule has 0 bridgehead atoms. The molecule has 0 aromatic rings. The highest BCUT2D eigenvalue weighted by Gasteiger charge is 2.36. The Labute approximate surface area is 97.3 Å². The molecular weight excluding hydrogens is 237 g/mol. The molecule has 3 nitrogen and oxygen atoms in total. The first-order valence-corrected chi connectivity index (χ1v) is 4.96. The van der Waals surface area contributed by atoms with Crippen molar-refractivity contribution in [1.82, 2.24) is 0 Å². The lowest BCUT2D eigenvalue weighted by Gasteiger charge is -2.19. The lowest BCUT2D eigenvalue weighted by atomic mass is 10.0. The van der Waals surface area contributed by atoms with Gasteiger partial charge in [-0.2, -0.15) is 13.2 Å². The number of hydrogen-bond donors (Lipinski definition) is 1. The Balaban J connectivity index is 5.45. The van der Waals surface area contributed by atoms with E-state index >= 15 is 0 Å². The fourth-order valence-corrected chi connectivity index (χ4v) is 1.15. The van der Waals surface area contributed by atoms with Crippen molar-refractivity contribution >= 4 is 5.97 Å². The van der Waals surface area contributed by atoms with Crippen LogP contribution in [-0.2, 0) is 4.79 Å². The largest absolute Gasteiger partial charge is 0.867 e. The van der Waals surface area contributed by atoms with Gasteiger partial charge in [-0.15, -0.1) is 0 Å². The highest BCUT2D eigenvalue weighted by Crippen LogP contribution is 2.32. The molecule has 0 aliphatic heterocycles. The molecule has 0 saturated carbocycles. The smallest absolute Gasteiger partial charge is 0.416 e. The molecule has 0 fully saturated rings. The van der Waals surface area contributed by atoms with E-state index in [2.05, 4.69) is 0 Å². The number of halogens is 3. The monoisotopic (exact) mass is 251 g/mol. The molecule has 0 amide bonds. The van der Waals surface area contributed by atoms with Gasteiger partial charge in [-0.1, -0.05) is 19.9 Å². The Hall–Kier alpha value is -1.46. The van der Waals surface area contributed by atoms with Crippen molar-refractivity contribution in [3.63, 3.8) is 0 Å². The quantitative estimate of drug-likeness (QED) is 0.473. The minimum atomic E-state index is -4.95. The van der Waals surface area contributed by atoms with Crippen LogP contribution in [0.3, 0.4) is 0 Å². The molecule has 0 saturated heterocycles. The van der Waals surface area contributed by atoms with Crippen molar-refractivity contribution in [2.45, 2.75) is 33.4 Å². The zero-order valence-electron chi connectivity index (χ0n) is 9.76. The van der Waals surface area contributed by atoms with Crippen LogP contribution in [-0.4, -0.2) is 17.3 Å². The zero-order chi connectivity index (χ0) is 13.8. The Morgan fingerprint density at radius 1 is 1.41 bits per heavy atom. The van der Waals surface area contributed by atoms with Gasteiger partial charge in [-0.05, 0) is 30.6 Å².